The molecule has 0 spiro atoms. The number of rotatable bonds is 12. The summed E-state index contributed by atoms with van der Waals surface area (Å²) in [5, 5.41) is 11.4. The number of ether oxygens (including phenoxy) is 1. The number of amides is 2. The van der Waals surface area contributed by atoms with Gasteiger partial charge in [0.25, 0.3) is 11.6 Å². The van der Waals surface area contributed by atoms with Gasteiger partial charge in [-0.1, -0.05) is 24.3 Å². The van der Waals surface area contributed by atoms with Crippen molar-refractivity contribution in [3.8, 4) is 0 Å². The fourth-order valence-electron chi connectivity index (χ4n) is 4.30. The van der Waals surface area contributed by atoms with Gasteiger partial charge in [0, 0.05) is 44.5 Å². The largest absolute Gasteiger partial charge is 0.464 e. The number of hydrogen-bond acceptors (Lipinski definition) is 7. The van der Waals surface area contributed by atoms with Crippen LogP contribution in [0.4, 0.5) is 10.1 Å². The van der Waals surface area contributed by atoms with Gasteiger partial charge in [-0.3, -0.25) is 24.5 Å². The molecular weight excluding hydrogens is 533 g/mol. The molecule has 0 aliphatic rings. The van der Waals surface area contributed by atoms with Gasteiger partial charge in [0.2, 0.25) is 5.91 Å². The van der Waals surface area contributed by atoms with Crippen molar-refractivity contribution < 1.29 is 28.1 Å². The van der Waals surface area contributed by atoms with Crippen molar-refractivity contribution in [1.29, 1.82) is 0 Å². The van der Waals surface area contributed by atoms with Crippen LogP contribution in [0, 0.1) is 15.9 Å². The summed E-state index contributed by atoms with van der Waals surface area (Å²) < 4.78 is 24.3. The molecule has 4 aromatic rings. The number of nitrogens with zero attached hydrogens (tertiary/aromatic N) is 3. The molecule has 0 bridgehead atoms. The Morgan fingerprint density at radius 1 is 0.976 bits per heavy atom. The minimum atomic E-state index is -0.565. The second-order valence-electron chi connectivity index (χ2n) is 9.34. The van der Waals surface area contributed by atoms with Crippen molar-refractivity contribution in [3.63, 3.8) is 0 Å². The van der Waals surface area contributed by atoms with E-state index in [1.54, 1.807) is 24.3 Å². The standard InChI is InChI=1S/C30H28FN3O7/c1-40-16-4-15-32(30(37)22-9-13-25(14-10-22)34(38)39)19-28(35)33(17-21-7-11-24(31)12-8-21)18-23-20-41-27-6-3-2-5-26(27)29(23)36/h2-3,5-14,20H,4,15-19H2,1H3. The molecule has 11 heteroatoms. The summed E-state index contributed by atoms with van der Waals surface area (Å²) in [6.07, 6.45) is 1.75. The third-order valence-electron chi connectivity index (χ3n) is 6.47. The van der Waals surface area contributed by atoms with E-state index in [0.29, 0.717) is 29.6 Å². The molecule has 0 fully saturated rings. The SMILES string of the molecule is COCCCN(CC(=O)N(Cc1ccc(F)cc1)Cc1coc2ccccc2c1=O)C(=O)c1ccc([N+](=O)[O-])cc1. The Morgan fingerprint density at radius 3 is 2.37 bits per heavy atom. The quantitative estimate of drug-likeness (QED) is 0.141. The second kappa shape index (κ2) is 13.4. The summed E-state index contributed by atoms with van der Waals surface area (Å²) in [5.41, 5.74) is 1.01. The van der Waals surface area contributed by atoms with Crippen LogP contribution in [0.5, 0.6) is 0 Å². The Morgan fingerprint density at radius 2 is 1.68 bits per heavy atom. The summed E-state index contributed by atoms with van der Waals surface area (Å²) in [5.74, 6) is -1.38. The van der Waals surface area contributed by atoms with Crippen LogP contribution in [-0.4, -0.2) is 53.3 Å². The molecule has 0 saturated heterocycles. The summed E-state index contributed by atoms with van der Waals surface area (Å²) in [4.78, 5) is 53.5. The third-order valence-corrected chi connectivity index (χ3v) is 6.47. The highest BCUT2D eigenvalue weighted by molar-refractivity contribution is 5.96. The van der Waals surface area contributed by atoms with Crippen LogP contribution >= 0.6 is 0 Å². The van der Waals surface area contributed by atoms with Crippen molar-refractivity contribution in [2.24, 2.45) is 0 Å². The normalized spacial score (nSPS) is 10.9. The molecular formula is C30H28FN3O7. The fraction of sp³-hybridized carbons (Fsp3) is 0.233. The number of non-ortho nitro benzene ring substituents is 1. The lowest BCUT2D eigenvalue weighted by Crippen LogP contribution is -2.43. The average Bonchev–Trinajstić information content (AvgIpc) is 2.98. The molecule has 1 heterocycles. The number of hydrogen-bond donors (Lipinski definition) is 0. The maximum atomic E-state index is 13.7. The van der Waals surface area contributed by atoms with Crippen LogP contribution in [0.15, 0.2) is 88.3 Å². The van der Waals surface area contributed by atoms with E-state index in [1.807, 2.05) is 0 Å². The van der Waals surface area contributed by atoms with E-state index in [2.05, 4.69) is 0 Å². The Hall–Kier alpha value is -4.90. The minimum absolute atomic E-state index is 0.0447. The Bertz CT molecular complexity index is 1590. The third kappa shape index (κ3) is 7.40. The van der Waals surface area contributed by atoms with Gasteiger partial charge in [0.1, 0.15) is 17.9 Å². The second-order valence-corrected chi connectivity index (χ2v) is 9.34. The zero-order valence-electron chi connectivity index (χ0n) is 22.3. The van der Waals surface area contributed by atoms with E-state index in [9.17, 15) is 28.9 Å². The number of carbonyl (C=O) groups is 2. The van der Waals surface area contributed by atoms with Gasteiger partial charge in [-0.15, -0.1) is 0 Å². The first kappa shape index (κ1) is 29.1. The van der Waals surface area contributed by atoms with Crippen LogP contribution in [0.1, 0.15) is 27.9 Å². The molecule has 10 nitrogen and oxygen atoms in total. The molecule has 0 atom stereocenters. The van der Waals surface area contributed by atoms with Gasteiger partial charge in [-0.25, -0.2) is 4.39 Å². The Labute approximate surface area is 234 Å². The maximum Gasteiger partial charge on any atom is 0.269 e. The number of fused-ring (bicyclic) bond motifs is 1. The molecule has 4 rings (SSSR count). The first-order valence-corrected chi connectivity index (χ1v) is 12.8. The van der Waals surface area contributed by atoms with E-state index >= 15 is 0 Å². The highest BCUT2D eigenvalue weighted by Gasteiger charge is 2.24. The minimum Gasteiger partial charge on any atom is -0.464 e. The molecule has 41 heavy (non-hydrogen) atoms. The van der Waals surface area contributed by atoms with Gasteiger partial charge < -0.3 is 19.0 Å². The van der Waals surface area contributed by atoms with Crippen molar-refractivity contribution in [1.82, 2.24) is 9.80 Å². The van der Waals surface area contributed by atoms with Gasteiger partial charge >= 0.3 is 0 Å². The van der Waals surface area contributed by atoms with Crippen molar-refractivity contribution in [2.75, 3.05) is 26.8 Å². The zero-order valence-corrected chi connectivity index (χ0v) is 22.3. The number of benzene rings is 3. The predicted octanol–water partition coefficient (Wildman–Crippen LogP) is 4.55. The highest BCUT2D eigenvalue weighted by Crippen LogP contribution is 2.17. The van der Waals surface area contributed by atoms with E-state index in [4.69, 9.17) is 9.15 Å². The van der Waals surface area contributed by atoms with Crippen LogP contribution in [0.25, 0.3) is 11.0 Å². The molecule has 0 aliphatic carbocycles. The topological polar surface area (TPSA) is 123 Å². The van der Waals surface area contributed by atoms with Crippen LogP contribution in [0.3, 0.4) is 0 Å². The Balaban J connectivity index is 1.62. The molecule has 0 aliphatic heterocycles. The van der Waals surface area contributed by atoms with Crippen molar-refractivity contribution in [2.45, 2.75) is 19.5 Å². The molecule has 212 valence electrons. The lowest BCUT2D eigenvalue weighted by Gasteiger charge is -2.28. The first-order valence-electron chi connectivity index (χ1n) is 12.8. The van der Waals surface area contributed by atoms with Crippen LogP contribution in [0.2, 0.25) is 0 Å². The summed E-state index contributed by atoms with van der Waals surface area (Å²) in [6, 6.07) is 17.5. The van der Waals surface area contributed by atoms with E-state index in [1.165, 1.54) is 71.7 Å². The van der Waals surface area contributed by atoms with Gasteiger partial charge in [0.15, 0.2) is 5.43 Å². The lowest BCUT2D eigenvalue weighted by molar-refractivity contribution is -0.384. The molecule has 3 aromatic carbocycles. The lowest BCUT2D eigenvalue weighted by atomic mass is 10.1. The monoisotopic (exact) mass is 561 g/mol. The summed E-state index contributed by atoms with van der Waals surface area (Å²) in [7, 11) is 1.52. The van der Waals surface area contributed by atoms with E-state index in [0.717, 1.165) is 0 Å². The van der Waals surface area contributed by atoms with Crippen molar-refractivity contribution >= 4 is 28.5 Å². The molecule has 2 amide bonds. The Kier molecular flexibility index (Phi) is 9.54. The number of nitro benzene ring substituents is 1. The van der Waals surface area contributed by atoms with Gasteiger partial charge in [0.05, 0.1) is 28.7 Å². The number of halogens is 1. The summed E-state index contributed by atoms with van der Waals surface area (Å²) >= 11 is 0. The molecule has 0 N–H and O–H groups in total. The zero-order chi connectivity index (χ0) is 29.4. The van der Waals surface area contributed by atoms with Gasteiger partial charge in [-0.2, -0.15) is 0 Å². The number of para-hydroxylation sites is 1. The van der Waals surface area contributed by atoms with E-state index in [-0.39, 0.29) is 48.4 Å². The first-order chi connectivity index (χ1) is 19.8. The number of methoxy groups -OCH3 is 1. The molecule has 0 unspecified atom stereocenters. The maximum absolute atomic E-state index is 13.7. The van der Waals surface area contributed by atoms with Crippen LogP contribution in [-0.2, 0) is 22.6 Å². The number of nitro groups is 1. The van der Waals surface area contributed by atoms with E-state index < -0.39 is 22.6 Å². The molecule has 1 aromatic heterocycles. The smallest absolute Gasteiger partial charge is 0.269 e. The van der Waals surface area contributed by atoms with Gasteiger partial charge in [-0.05, 0) is 48.4 Å². The summed E-state index contributed by atoms with van der Waals surface area (Å²) in [6.45, 7) is 0.122. The number of carbonyl (C=O) groups excluding carboxylic acids is 2. The molecule has 0 saturated carbocycles. The predicted molar refractivity (Wildman–Crippen MR) is 149 cm³/mol. The highest BCUT2D eigenvalue weighted by atomic mass is 19.1. The average molecular weight is 562 g/mol. The van der Waals surface area contributed by atoms with Crippen molar-refractivity contribution in [3.05, 3.63) is 122 Å². The van der Waals surface area contributed by atoms with Crippen LogP contribution < -0.4 is 5.43 Å². The fourth-order valence-corrected chi connectivity index (χ4v) is 4.30. The molecule has 0 radical (unpaired) electrons.